The quantitative estimate of drug-likeness (QED) is 0.740. The van der Waals surface area contributed by atoms with Crippen molar-refractivity contribution in [2.75, 3.05) is 13.1 Å². The lowest BCUT2D eigenvalue weighted by molar-refractivity contribution is -0.0170. The summed E-state index contributed by atoms with van der Waals surface area (Å²) >= 11 is 0. The highest BCUT2D eigenvalue weighted by Crippen LogP contribution is 2.35. The van der Waals surface area contributed by atoms with E-state index in [2.05, 4.69) is 32.6 Å². The Morgan fingerprint density at radius 3 is 1.94 bits per heavy atom. The zero-order valence-corrected chi connectivity index (χ0v) is 11.2. The van der Waals surface area contributed by atoms with Crippen LogP contribution in [0, 0.1) is 23.7 Å². The van der Waals surface area contributed by atoms with Crippen molar-refractivity contribution in [2.24, 2.45) is 23.7 Å². The fraction of sp³-hybridized carbons (Fsp3) is 1.00. The van der Waals surface area contributed by atoms with Crippen LogP contribution in [0.4, 0.5) is 0 Å². The second-order valence-electron chi connectivity index (χ2n) is 6.52. The first-order valence-electron chi connectivity index (χ1n) is 6.91. The van der Waals surface area contributed by atoms with E-state index in [0.717, 1.165) is 18.3 Å². The number of rotatable bonds is 1. The van der Waals surface area contributed by atoms with Crippen molar-refractivity contribution in [3.8, 4) is 0 Å². The van der Waals surface area contributed by atoms with Gasteiger partial charge in [-0.2, -0.15) is 0 Å². The fourth-order valence-corrected chi connectivity index (χ4v) is 3.82. The summed E-state index contributed by atoms with van der Waals surface area (Å²) in [6.45, 7) is 11.6. The molecule has 2 rings (SSSR count). The molecule has 0 amide bonds. The van der Waals surface area contributed by atoms with E-state index in [0.29, 0.717) is 17.9 Å². The van der Waals surface area contributed by atoms with E-state index in [9.17, 15) is 5.11 Å². The van der Waals surface area contributed by atoms with Crippen LogP contribution >= 0.6 is 0 Å². The Kier molecular flexibility index (Phi) is 3.60. The molecule has 0 bridgehead atoms. The number of likely N-dealkylation sites (tertiary alicyclic amines) is 1. The summed E-state index contributed by atoms with van der Waals surface area (Å²) in [5, 5.41) is 10.3. The van der Waals surface area contributed by atoms with Crippen molar-refractivity contribution in [1.82, 2.24) is 4.90 Å². The highest BCUT2D eigenvalue weighted by Gasteiger charge is 2.40. The average molecular weight is 225 g/mol. The summed E-state index contributed by atoms with van der Waals surface area (Å²) in [6.07, 6.45) is 2.17. The monoisotopic (exact) mass is 225 g/mol. The molecule has 0 radical (unpaired) electrons. The zero-order chi connectivity index (χ0) is 11.9. The molecule has 1 aliphatic carbocycles. The van der Waals surface area contributed by atoms with Crippen molar-refractivity contribution in [3.63, 3.8) is 0 Å². The standard InChI is InChI=1S/C14H27NO/c1-9-5-10(2)14(13(16)6-9)15-7-11(3)12(4)8-15/h9-14,16H,5-8H2,1-4H3. The lowest BCUT2D eigenvalue weighted by Gasteiger charge is -2.42. The van der Waals surface area contributed by atoms with Gasteiger partial charge < -0.3 is 5.11 Å². The molecule has 0 aromatic rings. The summed E-state index contributed by atoms with van der Waals surface area (Å²) < 4.78 is 0. The molecule has 1 aliphatic heterocycles. The molecule has 94 valence electrons. The number of hydrogen-bond donors (Lipinski definition) is 1. The van der Waals surface area contributed by atoms with Crippen LogP contribution in [0.3, 0.4) is 0 Å². The molecule has 16 heavy (non-hydrogen) atoms. The molecule has 6 unspecified atom stereocenters. The van der Waals surface area contributed by atoms with E-state index < -0.39 is 0 Å². The average Bonchev–Trinajstić information content (AvgIpc) is 2.44. The summed E-state index contributed by atoms with van der Waals surface area (Å²) in [5.41, 5.74) is 0. The Morgan fingerprint density at radius 1 is 0.875 bits per heavy atom. The smallest absolute Gasteiger partial charge is 0.0700 e. The van der Waals surface area contributed by atoms with Crippen LogP contribution in [0.1, 0.15) is 40.5 Å². The SMILES string of the molecule is CC1CC(C)C(N2CC(C)C(C)C2)C(O)C1. The molecule has 0 spiro atoms. The molecule has 1 heterocycles. The van der Waals surface area contributed by atoms with Crippen molar-refractivity contribution in [3.05, 3.63) is 0 Å². The highest BCUT2D eigenvalue weighted by molar-refractivity contribution is 4.93. The molecule has 6 atom stereocenters. The first-order chi connectivity index (χ1) is 7.49. The molecular formula is C14H27NO. The van der Waals surface area contributed by atoms with Gasteiger partial charge in [-0.25, -0.2) is 0 Å². The van der Waals surface area contributed by atoms with Crippen LogP contribution in [0.5, 0.6) is 0 Å². The molecule has 2 aliphatic rings. The Hall–Kier alpha value is -0.0800. The first kappa shape index (κ1) is 12.4. The Bertz CT molecular complexity index is 221. The van der Waals surface area contributed by atoms with Crippen LogP contribution in [-0.4, -0.2) is 35.2 Å². The van der Waals surface area contributed by atoms with Gasteiger partial charge in [0.15, 0.2) is 0 Å². The van der Waals surface area contributed by atoms with Crippen molar-refractivity contribution in [1.29, 1.82) is 0 Å². The zero-order valence-electron chi connectivity index (χ0n) is 11.2. The molecule has 1 N–H and O–H groups in total. The lowest BCUT2D eigenvalue weighted by Crippen LogP contribution is -2.50. The molecule has 1 saturated carbocycles. The maximum absolute atomic E-state index is 10.3. The minimum absolute atomic E-state index is 0.101. The Balaban J connectivity index is 2.03. The van der Waals surface area contributed by atoms with Crippen LogP contribution in [-0.2, 0) is 0 Å². The maximum atomic E-state index is 10.3. The molecule has 2 fully saturated rings. The van der Waals surface area contributed by atoms with Gasteiger partial charge >= 0.3 is 0 Å². The van der Waals surface area contributed by atoms with E-state index in [4.69, 9.17) is 0 Å². The number of aliphatic hydroxyl groups excluding tert-OH is 1. The summed E-state index contributed by atoms with van der Waals surface area (Å²) in [4.78, 5) is 2.55. The molecular weight excluding hydrogens is 198 g/mol. The second kappa shape index (κ2) is 4.66. The third kappa shape index (κ3) is 2.28. The van der Waals surface area contributed by atoms with Crippen LogP contribution < -0.4 is 0 Å². The largest absolute Gasteiger partial charge is 0.391 e. The van der Waals surface area contributed by atoms with Crippen molar-refractivity contribution in [2.45, 2.75) is 52.7 Å². The Morgan fingerprint density at radius 2 is 1.44 bits per heavy atom. The van der Waals surface area contributed by atoms with Gasteiger partial charge in [0.05, 0.1) is 6.10 Å². The van der Waals surface area contributed by atoms with Crippen LogP contribution in [0.15, 0.2) is 0 Å². The summed E-state index contributed by atoms with van der Waals surface area (Å²) in [7, 11) is 0. The van der Waals surface area contributed by atoms with Crippen LogP contribution in [0.25, 0.3) is 0 Å². The predicted molar refractivity (Wildman–Crippen MR) is 67.3 cm³/mol. The molecule has 1 saturated heterocycles. The van der Waals surface area contributed by atoms with Gasteiger partial charge in [0.25, 0.3) is 0 Å². The number of aliphatic hydroxyl groups is 1. The summed E-state index contributed by atoms with van der Waals surface area (Å²) in [5.74, 6) is 2.92. The van der Waals surface area contributed by atoms with E-state index in [1.165, 1.54) is 19.5 Å². The minimum Gasteiger partial charge on any atom is -0.391 e. The van der Waals surface area contributed by atoms with Gasteiger partial charge in [-0.05, 0) is 36.5 Å². The third-order valence-electron chi connectivity index (χ3n) is 4.83. The summed E-state index contributed by atoms with van der Waals surface area (Å²) in [6, 6.07) is 0.420. The molecule has 2 nitrogen and oxygen atoms in total. The van der Waals surface area contributed by atoms with E-state index >= 15 is 0 Å². The number of nitrogens with zero attached hydrogens (tertiary/aromatic N) is 1. The normalized spacial score (nSPS) is 50.8. The Labute approximate surface area is 100 Å². The van der Waals surface area contributed by atoms with Gasteiger partial charge in [-0.1, -0.05) is 27.7 Å². The van der Waals surface area contributed by atoms with Gasteiger partial charge in [0.1, 0.15) is 0 Å². The maximum Gasteiger partial charge on any atom is 0.0700 e. The lowest BCUT2D eigenvalue weighted by atomic mass is 9.77. The van der Waals surface area contributed by atoms with Gasteiger partial charge in [0.2, 0.25) is 0 Å². The van der Waals surface area contributed by atoms with Gasteiger partial charge in [-0.3, -0.25) is 4.90 Å². The predicted octanol–water partition coefficient (Wildman–Crippen LogP) is 2.37. The van der Waals surface area contributed by atoms with Gasteiger partial charge in [0, 0.05) is 19.1 Å². The van der Waals surface area contributed by atoms with Gasteiger partial charge in [-0.15, -0.1) is 0 Å². The van der Waals surface area contributed by atoms with Crippen molar-refractivity contribution < 1.29 is 5.11 Å². The second-order valence-corrected chi connectivity index (χ2v) is 6.52. The highest BCUT2D eigenvalue weighted by atomic mass is 16.3. The first-order valence-corrected chi connectivity index (χ1v) is 6.91. The van der Waals surface area contributed by atoms with E-state index in [1.807, 2.05) is 0 Å². The van der Waals surface area contributed by atoms with E-state index in [-0.39, 0.29) is 6.10 Å². The minimum atomic E-state index is -0.101. The topological polar surface area (TPSA) is 23.5 Å². The third-order valence-corrected chi connectivity index (χ3v) is 4.83. The van der Waals surface area contributed by atoms with E-state index in [1.54, 1.807) is 0 Å². The molecule has 0 aromatic carbocycles. The number of hydrogen-bond acceptors (Lipinski definition) is 2. The molecule has 0 aromatic heterocycles. The molecule has 2 heteroatoms. The van der Waals surface area contributed by atoms with Crippen molar-refractivity contribution >= 4 is 0 Å². The van der Waals surface area contributed by atoms with Crippen LogP contribution in [0.2, 0.25) is 0 Å². The fourth-order valence-electron chi connectivity index (χ4n) is 3.82.